The third-order valence-corrected chi connectivity index (χ3v) is 6.69. The van der Waals surface area contributed by atoms with Crippen LogP contribution < -0.4 is 4.74 Å². The molecular formula is C23H16F2N2O4S. The Morgan fingerprint density at radius 3 is 2.44 bits per heavy atom. The molecule has 0 spiro atoms. The van der Waals surface area contributed by atoms with Gasteiger partial charge in [-0.25, -0.2) is 21.2 Å². The average molecular weight is 454 g/mol. The minimum Gasteiger partial charge on any atom is -0.454 e. The van der Waals surface area contributed by atoms with Crippen molar-refractivity contribution in [3.05, 3.63) is 89.1 Å². The number of aryl methyl sites for hydroxylation is 1. The Morgan fingerprint density at radius 2 is 1.78 bits per heavy atom. The summed E-state index contributed by atoms with van der Waals surface area (Å²) in [7, 11) is -4.02. The SMILES string of the molecule is Cc1ccc(S(=O)(=O)n2ccc3c(CO)c(Oc4ccc(F)c(C#N)c4)c(F)cc32)cc1. The fourth-order valence-corrected chi connectivity index (χ4v) is 4.69. The van der Waals surface area contributed by atoms with E-state index in [2.05, 4.69) is 0 Å². The number of ether oxygens (including phenoxy) is 1. The second kappa shape index (κ2) is 8.07. The van der Waals surface area contributed by atoms with Crippen LogP contribution in [0.5, 0.6) is 11.5 Å². The van der Waals surface area contributed by atoms with E-state index in [-0.39, 0.29) is 38.4 Å². The molecule has 3 aromatic carbocycles. The number of fused-ring (bicyclic) bond motifs is 1. The van der Waals surface area contributed by atoms with Crippen LogP contribution in [0.3, 0.4) is 0 Å². The van der Waals surface area contributed by atoms with Crippen LogP contribution in [0.25, 0.3) is 10.9 Å². The summed E-state index contributed by atoms with van der Waals surface area (Å²) in [5.74, 6) is -2.04. The summed E-state index contributed by atoms with van der Waals surface area (Å²) < 4.78 is 61.2. The van der Waals surface area contributed by atoms with E-state index < -0.39 is 28.3 Å². The molecule has 0 saturated heterocycles. The number of rotatable bonds is 5. The second-order valence-corrected chi connectivity index (χ2v) is 8.86. The summed E-state index contributed by atoms with van der Waals surface area (Å²) in [6, 6.07) is 13.6. The van der Waals surface area contributed by atoms with Crippen molar-refractivity contribution in [1.29, 1.82) is 5.26 Å². The molecule has 6 nitrogen and oxygen atoms in total. The predicted molar refractivity (Wildman–Crippen MR) is 113 cm³/mol. The number of hydrogen-bond acceptors (Lipinski definition) is 5. The second-order valence-electron chi connectivity index (χ2n) is 7.04. The summed E-state index contributed by atoms with van der Waals surface area (Å²) in [5, 5.41) is 19.1. The molecule has 0 fully saturated rings. The van der Waals surface area contributed by atoms with Crippen molar-refractivity contribution in [3.8, 4) is 17.6 Å². The van der Waals surface area contributed by atoms with Crippen molar-refractivity contribution >= 4 is 20.9 Å². The lowest BCUT2D eigenvalue weighted by molar-refractivity contribution is 0.276. The Kier molecular flexibility index (Phi) is 5.42. The van der Waals surface area contributed by atoms with E-state index in [9.17, 15) is 17.9 Å². The Morgan fingerprint density at radius 1 is 1.06 bits per heavy atom. The summed E-state index contributed by atoms with van der Waals surface area (Å²) in [4.78, 5) is 0.0298. The molecule has 0 amide bonds. The monoisotopic (exact) mass is 454 g/mol. The molecule has 1 aromatic heterocycles. The Bertz CT molecular complexity index is 1490. The highest BCUT2D eigenvalue weighted by atomic mass is 32.2. The van der Waals surface area contributed by atoms with Gasteiger partial charge in [0.1, 0.15) is 17.6 Å². The lowest BCUT2D eigenvalue weighted by Crippen LogP contribution is -2.12. The first-order chi connectivity index (χ1) is 15.3. The van der Waals surface area contributed by atoms with Crippen molar-refractivity contribution in [1.82, 2.24) is 3.97 Å². The van der Waals surface area contributed by atoms with Gasteiger partial charge in [0.15, 0.2) is 11.6 Å². The molecule has 0 atom stereocenters. The molecule has 0 bridgehead atoms. The zero-order valence-corrected chi connectivity index (χ0v) is 17.5. The van der Waals surface area contributed by atoms with Gasteiger partial charge in [0, 0.05) is 29.3 Å². The Balaban J connectivity index is 1.85. The first-order valence-corrected chi connectivity index (χ1v) is 10.8. The molecule has 162 valence electrons. The molecular weight excluding hydrogens is 438 g/mol. The van der Waals surface area contributed by atoms with E-state index in [4.69, 9.17) is 10.00 Å². The van der Waals surface area contributed by atoms with Gasteiger partial charge in [-0.05, 0) is 37.3 Å². The fraction of sp³-hybridized carbons (Fsp3) is 0.0870. The summed E-state index contributed by atoms with van der Waals surface area (Å²) in [6.45, 7) is 1.18. The third kappa shape index (κ3) is 3.60. The number of nitriles is 1. The van der Waals surface area contributed by atoms with E-state index in [1.54, 1.807) is 18.2 Å². The normalized spacial score (nSPS) is 11.5. The van der Waals surface area contributed by atoms with Crippen molar-refractivity contribution in [2.75, 3.05) is 0 Å². The lowest BCUT2D eigenvalue weighted by atomic mass is 10.1. The van der Waals surface area contributed by atoms with Gasteiger partial charge in [-0.3, -0.25) is 0 Å². The van der Waals surface area contributed by atoms with Crippen LogP contribution in [-0.2, 0) is 16.6 Å². The standard InChI is InChI=1S/C23H16F2N2O4S/c1-14-2-5-17(6-3-14)32(29,30)27-9-8-18-19(13-28)23(21(25)11-22(18)27)31-16-4-7-20(24)15(10-16)12-26/h2-11,28H,13H2,1H3. The van der Waals surface area contributed by atoms with Gasteiger partial charge < -0.3 is 9.84 Å². The zero-order chi connectivity index (χ0) is 23.0. The van der Waals surface area contributed by atoms with Crippen LogP contribution in [0.4, 0.5) is 8.78 Å². The van der Waals surface area contributed by atoms with Gasteiger partial charge in [0.25, 0.3) is 10.0 Å². The molecule has 0 aliphatic carbocycles. The highest BCUT2D eigenvalue weighted by Gasteiger charge is 2.23. The van der Waals surface area contributed by atoms with E-state index in [0.717, 1.165) is 27.7 Å². The molecule has 32 heavy (non-hydrogen) atoms. The molecule has 9 heteroatoms. The van der Waals surface area contributed by atoms with Crippen LogP contribution in [-0.4, -0.2) is 17.5 Å². The number of halogens is 2. The number of aromatic nitrogens is 1. The summed E-state index contributed by atoms with van der Waals surface area (Å²) in [6.07, 6.45) is 1.27. The fourth-order valence-electron chi connectivity index (χ4n) is 3.35. The first kappa shape index (κ1) is 21.5. The van der Waals surface area contributed by atoms with Crippen LogP contribution in [0.15, 0.2) is 65.7 Å². The van der Waals surface area contributed by atoms with Crippen molar-refractivity contribution in [2.45, 2.75) is 18.4 Å². The topological polar surface area (TPSA) is 92.3 Å². The smallest absolute Gasteiger partial charge is 0.268 e. The maximum Gasteiger partial charge on any atom is 0.268 e. The van der Waals surface area contributed by atoms with Crippen molar-refractivity contribution < 1.29 is 27.0 Å². The predicted octanol–water partition coefficient (Wildman–Crippen LogP) is 4.62. The molecule has 0 aliphatic rings. The largest absolute Gasteiger partial charge is 0.454 e. The van der Waals surface area contributed by atoms with Crippen LogP contribution in [0.2, 0.25) is 0 Å². The molecule has 4 aromatic rings. The highest BCUT2D eigenvalue weighted by Crippen LogP contribution is 2.36. The van der Waals surface area contributed by atoms with Gasteiger partial charge in [-0.15, -0.1) is 0 Å². The molecule has 0 radical (unpaired) electrons. The van der Waals surface area contributed by atoms with Crippen LogP contribution in [0.1, 0.15) is 16.7 Å². The Hall–Kier alpha value is -3.74. The third-order valence-electron chi connectivity index (χ3n) is 4.98. The van der Waals surface area contributed by atoms with Gasteiger partial charge >= 0.3 is 0 Å². The van der Waals surface area contributed by atoms with Gasteiger partial charge in [-0.1, -0.05) is 17.7 Å². The quantitative estimate of drug-likeness (QED) is 0.475. The van der Waals surface area contributed by atoms with E-state index in [1.807, 2.05) is 6.92 Å². The van der Waals surface area contributed by atoms with Crippen LogP contribution >= 0.6 is 0 Å². The van der Waals surface area contributed by atoms with Crippen LogP contribution in [0, 0.1) is 29.9 Å². The molecule has 0 saturated carbocycles. The van der Waals surface area contributed by atoms with Gasteiger partial charge in [0.05, 0.1) is 22.6 Å². The van der Waals surface area contributed by atoms with Gasteiger partial charge in [-0.2, -0.15) is 5.26 Å². The minimum atomic E-state index is -4.02. The van der Waals surface area contributed by atoms with Gasteiger partial charge in [0.2, 0.25) is 0 Å². The average Bonchev–Trinajstić information content (AvgIpc) is 3.20. The Labute approximate surface area is 182 Å². The van der Waals surface area contributed by atoms with Crippen molar-refractivity contribution in [3.63, 3.8) is 0 Å². The number of benzene rings is 3. The number of aliphatic hydroxyl groups excluding tert-OH is 1. The zero-order valence-electron chi connectivity index (χ0n) is 16.7. The lowest BCUT2D eigenvalue weighted by Gasteiger charge is -2.14. The molecule has 0 aliphatic heterocycles. The maximum atomic E-state index is 15.0. The van der Waals surface area contributed by atoms with Crippen molar-refractivity contribution in [2.24, 2.45) is 0 Å². The van der Waals surface area contributed by atoms with E-state index in [0.29, 0.717) is 0 Å². The minimum absolute atomic E-state index is 0.0115. The van der Waals surface area contributed by atoms with E-state index >= 15 is 4.39 Å². The summed E-state index contributed by atoms with van der Waals surface area (Å²) >= 11 is 0. The molecule has 4 rings (SSSR count). The maximum absolute atomic E-state index is 15.0. The molecule has 1 N–H and O–H groups in total. The highest BCUT2D eigenvalue weighted by molar-refractivity contribution is 7.90. The van der Waals surface area contributed by atoms with E-state index in [1.165, 1.54) is 30.5 Å². The number of nitrogens with zero attached hydrogens (tertiary/aromatic N) is 2. The number of aliphatic hydroxyl groups is 1. The first-order valence-electron chi connectivity index (χ1n) is 9.39. The number of hydrogen-bond donors (Lipinski definition) is 1. The molecule has 1 heterocycles. The summed E-state index contributed by atoms with van der Waals surface area (Å²) in [5.41, 5.74) is 0.638. The molecule has 0 unspecified atom stereocenters.